The molecule has 2 rings (SSSR count). The SMILES string of the molecule is CCN(CC)S(=O)(=O)c1ccc(NC(=O)[C@@H](NC(=O)c2cc(OC)cc(OC)c2)C(C)C)cc1. The van der Waals surface area contributed by atoms with Crippen LogP contribution in [0.15, 0.2) is 47.4 Å². The first-order chi connectivity index (χ1) is 16.1. The van der Waals surface area contributed by atoms with Crippen molar-refractivity contribution in [2.75, 3.05) is 32.6 Å². The van der Waals surface area contributed by atoms with E-state index in [-0.39, 0.29) is 10.8 Å². The summed E-state index contributed by atoms with van der Waals surface area (Å²) in [6.07, 6.45) is 0. The Labute approximate surface area is 201 Å². The van der Waals surface area contributed by atoms with Crippen LogP contribution < -0.4 is 20.1 Å². The number of carbonyl (C=O) groups excluding carboxylic acids is 2. The fourth-order valence-corrected chi connectivity index (χ4v) is 4.80. The van der Waals surface area contributed by atoms with Crippen LogP contribution in [-0.4, -0.2) is 57.9 Å². The van der Waals surface area contributed by atoms with E-state index in [4.69, 9.17) is 9.47 Å². The number of methoxy groups -OCH3 is 2. The van der Waals surface area contributed by atoms with Gasteiger partial charge in [-0.05, 0) is 42.3 Å². The van der Waals surface area contributed by atoms with Crippen LogP contribution in [0.3, 0.4) is 0 Å². The monoisotopic (exact) mass is 491 g/mol. The Bertz CT molecular complexity index is 1070. The van der Waals surface area contributed by atoms with Gasteiger partial charge in [-0.15, -0.1) is 0 Å². The zero-order valence-corrected chi connectivity index (χ0v) is 21.2. The average Bonchev–Trinajstić information content (AvgIpc) is 2.82. The van der Waals surface area contributed by atoms with Crippen LogP contribution in [0.4, 0.5) is 5.69 Å². The van der Waals surface area contributed by atoms with Gasteiger partial charge in [-0.2, -0.15) is 4.31 Å². The summed E-state index contributed by atoms with van der Waals surface area (Å²) in [7, 11) is -0.620. The van der Waals surface area contributed by atoms with Crippen molar-refractivity contribution >= 4 is 27.5 Å². The number of benzene rings is 2. The molecular weight excluding hydrogens is 458 g/mol. The summed E-state index contributed by atoms with van der Waals surface area (Å²) >= 11 is 0. The molecule has 0 aromatic heterocycles. The summed E-state index contributed by atoms with van der Waals surface area (Å²) in [6.45, 7) is 7.92. The minimum atomic E-state index is -3.59. The lowest BCUT2D eigenvalue weighted by Gasteiger charge is -2.22. The molecule has 2 aromatic carbocycles. The van der Waals surface area contributed by atoms with Gasteiger partial charge in [-0.1, -0.05) is 27.7 Å². The van der Waals surface area contributed by atoms with Gasteiger partial charge in [0.1, 0.15) is 17.5 Å². The van der Waals surface area contributed by atoms with Gasteiger partial charge in [0.25, 0.3) is 5.91 Å². The summed E-state index contributed by atoms with van der Waals surface area (Å²) in [5.41, 5.74) is 0.715. The van der Waals surface area contributed by atoms with Crippen molar-refractivity contribution in [3.63, 3.8) is 0 Å². The predicted molar refractivity (Wildman–Crippen MR) is 131 cm³/mol. The van der Waals surface area contributed by atoms with E-state index in [0.717, 1.165) is 0 Å². The maximum absolute atomic E-state index is 12.9. The molecule has 9 nitrogen and oxygen atoms in total. The van der Waals surface area contributed by atoms with E-state index in [1.807, 2.05) is 13.8 Å². The minimum absolute atomic E-state index is 0.148. The molecule has 2 aromatic rings. The van der Waals surface area contributed by atoms with Crippen LogP contribution >= 0.6 is 0 Å². The van der Waals surface area contributed by atoms with E-state index in [9.17, 15) is 18.0 Å². The van der Waals surface area contributed by atoms with Gasteiger partial charge in [0.15, 0.2) is 0 Å². The number of nitrogens with one attached hydrogen (secondary N) is 2. The Balaban J connectivity index is 2.17. The molecule has 0 spiro atoms. The molecule has 2 amide bonds. The smallest absolute Gasteiger partial charge is 0.252 e. The number of rotatable bonds is 11. The molecule has 0 aliphatic carbocycles. The Hall–Kier alpha value is -3.11. The van der Waals surface area contributed by atoms with Gasteiger partial charge in [0.05, 0.1) is 19.1 Å². The molecule has 10 heteroatoms. The molecule has 0 aliphatic rings. The largest absolute Gasteiger partial charge is 0.497 e. The van der Waals surface area contributed by atoms with Crippen molar-refractivity contribution in [1.82, 2.24) is 9.62 Å². The highest BCUT2D eigenvalue weighted by molar-refractivity contribution is 7.89. The number of hydrogen-bond acceptors (Lipinski definition) is 6. The molecule has 2 N–H and O–H groups in total. The maximum atomic E-state index is 12.9. The fourth-order valence-electron chi connectivity index (χ4n) is 3.34. The molecule has 0 heterocycles. The minimum Gasteiger partial charge on any atom is -0.497 e. The van der Waals surface area contributed by atoms with E-state index in [1.165, 1.54) is 42.8 Å². The predicted octanol–water partition coefficient (Wildman–Crippen LogP) is 3.13. The lowest BCUT2D eigenvalue weighted by Crippen LogP contribution is -2.47. The molecule has 34 heavy (non-hydrogen) atoms. The highest BCUT2D eigenvalue weighted by Crippen LogP contribution is 2.23. The van der Waals surface area contributed by atoms with Crippen molar-refractivity contribution in [1.29, 1.82) is 0 Å². The molecule has 0 saturated carbocycles. The molecule has 0 radical (unpaired) electrons. The van der Waals surface area contributed by atoms with Crippen molar-refractivity contribution in [3.05, 3.63) is 48.0 Å². The zero-order valence-electron chi connectivity index (χ0n) is 20.4. The van der Waals surface area contributed by atoms with Crippen LogP contribution in [-0.2, 0) is 14.8 Å². The average molecular weight is 492 g/mol. The molecule has 0 unspecified atom stereocenters. The second-order valence-corrected chi connectivity index (χ2v) is 9.84. The standard InChI is InChI=1S/C24H33N3O6S/c1-7-27(8-2)34(30,31)21-11-9-18(10-12-21)25-24(29)22(16(3)4)26-23(28)17-13-19(32-5)15-20(14-17)33-6/h9-16,22H,7-8H2,1-6H3,(H,25,29)(H,26,28)/t22-/m0/s1. The summed E-state index contributed by atoms with van der Waals surface area (Å²) in [4.78, 5) is 26.0. The van der Waals surface area contributed by atoms with E-state index in [0.29, 0.717) is 35.8 Å². The van der Waals surface area contributed by atoms with Crippen LogP contribution in [0, 0.1) is 5.92 Å². The number of hydrogen-bond donors (Lipinski definition) is 2. The topological polar surface area (TPSA) is 114 Å². The number of amides is 2. The third-order valence-electron chi connectivity index (χ3n) is 5.31. The first-order valence-corrected chi connectivity index (χ1v) is 12.5. The van der Waals surface area contributed by atoms with E-state index >= 15 is 0 Å². The molecule has 1 atom stereocenters. The number of anilines is 1. The summed E-state index contributed by atoms with van der Waals surface area (Å²) in [5, 5.41) is 5.51. The molecule has 0 bridgehead atoms. The van der Waals surface area contributed by atoms with Gasteiger partial charge in [0, 0.05) is 30.4 Å². The van der Waals surface area contributed by atoms with Crippen molar-refractivity contribution in [3.8, 4) is 11.5 Å². The second kappa shape index (κ2) is 11.8. The number of carbonyl (C=O) groups is 2. The Morgan fingerprint density at radius 3 is 1.91 bits per heavy atom. The van der Waals surface area contributed by atoms with Gasteiger partial charge in [0.2, 0.25) is 15.9 Å². The first kappa shape index (κ1) is 27.1. The molecular formula is C24H33N3O6S. The van der Waals surface area contributed by atoms with Gasteiger partial charge >= 0.3 is 0 Å². The highest BCUT2D eigenvalue weighted by atomic mass is 32.2. The van der Waals surface area contributed by atoms with Crippen molar-refractivity contribution in [2.45, 2.75) is 38.6 Å². The van der Waals surface area contributed by atoms with Crippen LogP contribution in [0.2, 0.25) is 0 Å². The summed E-state index contributed by atoms with van der Waals surface area (Å²) < 4.78 is 37.1. The molecule has 0 aliphatic heterocycles. The number of nitrogens with zero attached hydrogens (tertiary/aromatic N) is 1. The molecule has 0 saturated heterocycles. The van der Waals surface area contributed by atoms with Gasteiger partial charge in [-0.3, -0.25) is 9.59 Å². The molecule has 0 fully saturated rings. The lowest BCUT2D eigenvalue weighted by atomic mass is 10.0. The highest BCUT2D eigenvalue weighted by Gasteiger charge is 2.26. The third kappa shape index (κ3) is 6.48. The Kier molecular flexibility index (Phi) is 9.46. The van der Waals surface area contributed by atoms with E-state index in [1.54, 1.807) is 32.0 Å². The number of sulfonamides is 1. The first-order valence-electron chi connectivity index (χ1n) is 11.0. The third-order valence-corrected chi connectivity index (χ3v) is 7.38. The van der Waals surface area contributed by atoms with Gasteiger partial charge < -0.3 is 20.1 Å². The second-order valence-electron chi connectivity index (χ2n) is 7.90. The van der Waals surface area contributed by atoms with Crippen LogP contribution in [0.5, 0.6) is 11.5 Å². The van der Waals surface area contributed by atoms with Crippen LogP contribution in [0.25, 0.3) is 0 Å². The van der Waals surface area contributed by atoms with Crippen LogP contribution in [0.1, 0.15) is 38.1 Å². The lowest BCUT2D eigenvalue weighted by molar-refractivity contribution is -0.118. The fraction of sp³-hybridized carbons (Fsp3) is 0.417. The van der Waals surface area contributed by atoms with Crippen molar-refractivity contribution in [2.24, 2.45) is 5.92 Å². The molecule has 186 valence electrons. The maximum Gasteiger partial charge on any atom is 0.252 e. The zero-order chi connectivity index (χ0) is 25.5. The quantitative estimate of drug-likeness (QED) is 0.499. The van der Waals surface area contributed by atoms with Gasteiger partial charge in [-0.25, -0.2) is 8.42 Å². The number of ether oxygens (including phenoxy) is 2. The Morgan fingerprint density at radius 2 is 1.47 bits per heavy atom. The van der Waals surface area contributed by atoms with E-state index in [2.05, 4.69) is 10.6 Å². The summed E-state index contributed by atoms with van der Waals surface area (Å²) in [5.74, 6) is -0.173. The van der Waals surface area contributed by atoms with E-state index < -0.39 is 27.9 Å². The Morgan fingerprint density at radius 1 is 0.941 bits per heavy atom. The summed E-state index contributed by atoms with van der Waals surface area (Å²) in [6, 6.07) is 9.89. The van der Waals surface area contributed by atoms with Crippen molar-refractivity contribution < 1.29 is 27.5 Å². The normalized spacial score (nSPS) is 12.4.